The van der Waals surface area contributed by atoms with Crippen molar-refractivity contribution in [3.05, 3.63) is 52.9 Å². The first kappa shape index (κ1) is 12.1. The molecule has 1 aliphatic rings. The summed E-state index contributed by atoms with van der Waals surface area (Å²) in [7, 11) is 0. The van der Waals surface area contributed by atoms with Crippen LogP contribution in [0.15, 0.2) is 47.8 Å². The summed E-state index contributed by atoms with van der Waals surface area (Å²) < 4.78 is 0. The van der Waals surface area contributed by atoms with Crippen molar-refractivity contribution in [1.82, 2.24) is 10.3 Å². The lowest BCUT2D eigenvalue weighted by atomic mass is 10.0. The van der Waals surface area contributed by atoms with E-state index in [2.05, 4.69) is 53.2 Å². The molecule has 2 aromatic carbocycles. The number of hydrogen-bond acceptors (Lipinski definition) is 3. The minimum absolute atomic E-state index is 0.736. The maximum atomic E-state index is 4.79. The minimum atomic E-state index is 0.736. The number of benzene rings is 2. The number of nitrogens with one attached hydrogen (secondary N) is 1. The van der Waals surface area contributed by atoms with Crippen molar-refractivity contribution in [3.8, 4) is 11.3 Å². The third-order valence-electron chi connectivity index (χ3n) is 3.74. The van der Waals surface area contributed by atoms with E-state index >= 15 is 0 Å². The van der Waals surface area contributed by atoms with Crippen molar-refractivity contribution in [2.24, 2.45) is 0 Å². The molecule has 0 aliphatic heterocycles. The second-order valence-electron chi connectivity index (χ2n) is 5.31. The van der Waals surface area contributed by atoms with Crippen LogP contribution in [-0.4, -0.2) is 11.0 Å². The Morgan fingerprint density at radius 1 is 1.10 bits per heavy atom. The molecular weight excluding hydrogens is 264 g/mol. The molecule has 3 aromatic rings. The van der Waals surface area contributed by atoms with Crippen LogP contribution in [0.3, 0.4) is 0 Å². The molecule has 20 heavy (non-hydrogen) atoms. The van der Waals surface area contributed by atoms with E-state index in [1.54, 1.807) is 11.3 Å². The lowest BCUT2D eigenvalue weighted by Gasteiger charge is -2.03. The molecule has 0 bridgehead atoms. The predicted octanol–water partition coefficient (Wildman–Crippen LogP) is 4.22. The van der Waals surface area contributed by atoms with Gasteiger partial charge in [0.05, 0.1) is 5.69 Å². The summed E-state index contributed by atoms with van der Waals surface area (Å²) in [5.74, 6) is 0. The minimum Gasteiger partial charge on any atom is -0.308 e. The third-order valence-corrected chi connectivity index (χ3v) is 4.59. The van der Waals surface area contributed by atoms with Crippen LogP contribution in [0.5, 0.6) is 0 Å². The molecule has 4 rings (SSSR count). The summed E-state index contributed by atoms with van der Waals surface area (Å²) in [6.45, 7) is 0.903. The fraction of sp³-hybridized carbons (Fsp3) is 0.235. The van der Waals surface area contributed by atoms with Crippen LogP contribution in [0, 0.1) is 0 Å². The number of aromatic nitrogens is 1. The Morgan fingerprint density at radius 2 is 1.95 bits per heavy atom. The van der Waals surface area contributed by atoms with Gasteiger partial charge in [0.2, 0.25) is 0 Å². The van der Waals surface area contributed by atoms with Gasteiger partial charge in [-0.05, 0) is 23.6 Å². The Morgan fingerprint density at radius 3 is 2.85 bits per heavy atom. The van der Waals surface area contributed by atoms with E-state index in [1.807, 2.05) is 0 Å². The normalized spacial score (nSPS) is 14.8. The van der Waals surface area contributed by atoms with E-state index in [-0.39, 0.29) is 0 Å². The second kappa shape index (κ2) is 5.00. The van der Waals surface area contributed by atoms with Gasteiger partial charge in [-0.1, -0.05) is 42.5 Å². The van der Waals surface area contributed by atoms with Gasteiger partial charge in [0.15, 0.2) is 0 Å². The van der Waals surface area contributed by atoms with Gasteiger partial charge in [-0.2, -0.15) is 0 Å². The summed E-state index contributed by atoms with van der Waals surface area (Å²) in [4.78, 5) is 4.79. The van der Waals surface area contributed by atoms with Crippen LogP contribution >= 0.6 is 11.3 Å². The molecule has 0 saturated heterocycles. The highest BCUT2D eigenvalue weighted by molar-refractivity contribution is 7.09. The highest BCUT2D eigenvalue weighted by Gasteiger charge is 2.20. The van der Waals surface area contributed by atoms with Crippen LogP contribution in [0.4, 0.5) is 0 Å². The highest BCUT2D eigenvalue weighted by Crippen LogP contribution is 2.29. The number of fused-ring (bicyclic) bond motifs is 1. The number of nitrogens with zero attached hydrogens (tertiary/aromatic N) is 1. The number of thiazole rings is 1. The quantitative estimate of drug-likeness (QED) is 0.774. The van der Waals surface area contributed by atoms with Crippen molar-refractivity contribution in [3.63, 3.8) is 0 Å². The predicted molar refractivity (Wildman–Crippen MR) is 84.9 cm³/mol. The monoisotopic (exact) mass is 280 g/mol. The molecular formula is C17H16N2S. The lowest BCUT2D eigenvalue weighted by Crippen LogP contribution is -2.14. The molecule has 1 aromatic heterocycles. The molecule has 3 heteroatoms. The zero-order valence-electron chi connectivity index (χ0n) is 11.2. The van der Waals surface area contributed by atoms with Gasteiger partial charge in [-0.15, -0.1) is 11.3 Å². The summed E-state index contributed by atoms with van der Waals surface area (Å²) in [6.07, 6.45) is 2.64. The molecule has 2 nitrogen and oxygen atoms in total. The van der Waals surface area contributed by atoms with Gasteiger partial charge in [-0.25, -0.2) is 4.98 Å². The zero-order chi connectivity index (χ0) is 13.4. The summed E-state index contributed by atoms with van der Waals surface area (Å²) in [5, 5.41) is 9.43. The molecule has 0 amide bonds. The standard InChI is InChI=1S/C17H16N2S/c1-2-6-14-12(4-1)5-3-7-15(14)16-11-20-17(19-16)10-18-13-8-9-13/h1-7,11,13,18H,8-10H2. The van der Waals surface area contributed by atoms with E-state index in [1.165, 1.54) is 34.2 Å². The Balaban J connectivity index is 1.67. The summed E-state index contributed by atoms with van der Waals surface area (Å²) in [5.41, 5.74) is 2.33. The molecule has 1 heterocycles. The smallest absolute Gasteiger partial charge is 0.107 e. The molecule has 1 fully saturated rings. The molecule has 0 unspecified atom stereocenters. The Hall–Kier alpha value is -1.71. The van der Waals surface area contributed by atoms with E-state index in [0.717, 1.165) is 18.3 Å². The molecule has 0 atom stereocenters. The third kappa shape index (κ3) is 2.35. The first-order chi connectivity index (χ1) is 9.90. The van der Waals surface area contributed by atoms with E-state index in [9.17, 15) is 0 Å². The van der Waals surface area contributed by atoms with Crippen molar-refractivity contribution in [2.45, 2.75) is 25.4 Å². The lowest BCUT2D eigenvalue weighted by molar-refractivity contribution is 0.685. The van der Waals surface area contributed by atoms with Gasteiger partial charge in [-0.3, -0.25) is 0 Å². The summed E-state index contributed by atoms with van der Waals surface area (Å²) in [6, 6.07) is 15.7. The maximum absolute atomic E-state index is 4.79. The molecule has 0 spiro atoms. The topological polar surface area (TPSA) is 24.9 Å². The molecule has 0 radical (unpaired) electrons. The highest BCUT2D eigenvalue weighted by atomic mass is 32.1. The zero-order valence-corrected chi connectivity index (χ0v) is 12.0. The molecule has 1 aliphatic carbocycles. The van der Waals surface area contributed by atoms with E-state index in [0.29, 0.717) is 0 Å². The van der Waals surface area contributed by atoms with E-state index < -0.39 is 0 Å². The van der Waals surface area contributed by atoms with Crippen molar-refractivity contribution in [1.29, 1.82) is 0 Å². The van der Waals surface area contributed by atoms with Crippen LogP contribution in [0.2, 0.25) is 0 Å². The van der Waals surface area contributed by atoms with Gasteiger partial charge in [0.25, 0.3) is 0 Å². The van der Waals surface area contributed by atoms with Gasteiger partial charge >= 0.3 is 0 Å². The average Bonchev–Trinajstić information content (AvgIpc) is 3.21. The Kier molecular flexibility index (Phi) is 3.02. The van der Waals surface area contributed by atoms with Crippen molar-refractivity contribution < 1.29 is 0 Å². The SMILES string of the molecule is c1ccc2c(-c3csc(CNC4CC4)n3)cccc2c1. The van der Waals surface area contributed by atoms with Crippen LogP contribution in [-0.2, 0) is 6.54 Å². The largest absolute Gasteiger partial charge is 0.308 e. The Bertz CT molecular complexity index is 738. The first-order valence-electron chi connectivity index (χ1n) is 7.06. The van der Waals surface area contributed by atoms with Crippen molar-refractivity contribution in [2.75, 3.05) is 0 Å². The first-order valence-corrected chi connectivity index (χ1v) is 7.94. The number of rotatable bonds is 4. The second-order valence-corrected chi connectivity index (χ2v) is 6.25. The fourth-order valence-electron chi connectivity index (χ4n) is 2.48. The Labute approximate surface area is 122 Å². The van der Waals surface area contributed by atoms with Gasteiger partial charge < -0.3 is 5.32 Å². The van der Waals surface area contributed by atoms with Gasteiger partial charge in [0.1, 0.15) is 5.01 Å². The van der Waals surface area contributed by atoms with E-state index in [4.69, 9.17) is 4.98 Å². The van der Waals surface area contributed by atoms with Gasteiger partial charge in [0, 0.05) is 23.5 Å². The maximum Gasteiger partial charge on any atom is 0.107 e. The molecule has 100 valence electrons. The fourth-order valence-corrected chi connectivity index (χ4v) is 3.23. The van der Waals surface area contributed by atoms with Crippen LogP contribution in [0.1, 0.15) is 17.8 Å². The summed E-state index contributed by atoms with van der Waals surface area (Å²) >= 11 is 1.75. The van der Waals surface area contributed by atoms with Crippen molar-refractivity contribution >= 4 is 22.1 Å². The average molecular weight is 280 g/mol. The van der Waals surface area contributed by atoms with Crippen LogP contribution < -0.4 is 5.32 Å². The number of hydrogen-bond donors (Lipinski definition) is 1. The van der Waals surface area contributed by atoms with Crippen LogP contribution in [0.25, 0.3) is 22.0 Å². The molecule has 1 saturated carbocycles. The molecule has 1 N–H and O–H groups in total.